The smallest absolute Gasteiger partial charge is 0.282 e. The van der Waals surface area contributed by atoms with Crippen molar-refractivity contribution < 1.29 is 19.2 Å². The Bertz CT molecular complexity index is 810. The van der Waals surface area contributed by atoms with Gasteiger partial charge in [-0.3, -0.25) is 4.79 Å². The van der Waals surface area contributed by atoms with E-state index < -0.39 is 0 Å². The first kappa shape index (κ1) is 21.8. The third-order valence-corrected chi connectivity index (χ3v) is 5.31. The number of methoxy groups -OCH3 is 2. The number of likely N-dealkylation sites (N-methyl/N-ethyl adjacent to an activating group) is 1. The third-order valence-electron chi connectivity index (χ3n) is 5.31. The molecule has 2 N–H and O–H groups in total. The van der Waals surface area contributed by atoms with Crippen LogP contribution in [0.25, 0.3) is 0 Å². The van der Waals surface area contributed by atoms with Gasteiger partial charge in [0.25, 0.3) is 5.91 Å². The van der Waals surface area contributed by atoms with Crippen LogP contribution in [0, 0.1) is 20.8 Å². The lowest BCUT2D eigenvalue weighted by Crippen LogP contribution is -3.14. The number of carbonyl (C=O) groups is 1. The molecule has 0 bridgehead atoms. The minimum absolute atomic E-state index is 0.0415. The van der Waals surface area contributed by atoms with Crippen molar-refractivity contribution in [2.45, 2.75) is 40.2 Å². The SMILES string of the molecule is COc1ccc(CC[NH+](C)[C@@H](C)C(=O)Nc2c(C)cc(C)cc2C)cc1OC. The van der Waals surface area contributed by atoms with Gasteiger partial charge >= 0.3 is 0 Å². The highest BCUT2D eigenvalue weighted by Crippen LogP contribution is 2.27. The molecule has 0 heterocycles. The number of benzene rings is 2. The Morgan fingerprint density at radius 2 is 1.64 bits per heavy atom. The number of aryl methyl sites for hydroxylation is 3. The Balaban J connectivity index is 1.99. The Kier molecular flexibility index (Phi) is 7.46. The van der Waals surface area contributed by atoms with Gasteiger partial charge in [0.15, 0.2) is 17.5 Å². The van der Waals surface area contributed by atoms with Crippen LogP contribution in [-0.4, -0.2) is 39.8 Å². The monoisotopic (exact) mass is 385 g/mol. The molecule has 0 aliphatic rings. The minimum atomic E-state index is -0.153. The van der Waals surface area contributed by atoms with Gasteiger partial charge in [-0.1, -0.05) is 23.8 Å². The molecule has 28 heavy (non-hydrogen) atoms. The zero-order valence-corrected chi connectivity index (χ0v) is 18.1. The predicted octanol–water partition coefficient (Wildman–Crippen LogP) is 2.71. The fourth-order valence-electron chi connectivity index (χ4n) is 3.43. The lowest BCUT2D eigenvalue weighted by atomic mass is 10.0. The number of carbonyl (C=O) groups excluding carboxylic acids is 1. The van der Waals surface area contributed by atoms with Crippen LogP contribution < -0.4 is 19.7 Å². The number of nitrogens with one attached hydrogen (secondary N) is 2. The Morgan fingerprint density at radius 3 is 2.21 bits per heavy atom. The number of rotatable bonds is 8. The normalized spacial score (nSPS) is 13.0. The summed E-state index contributed by atoms with van der Waals surface area (Å²) >= 11 is 0. The predicted molar refractivity (Wildman–Crippen MR) is 114 cm³/mol. The number of quaternary nitrogens is 1. The zero-order chi connectivity index (χ0) is 20.8. The molecule has 0 fully saturated rings. The molecule has 0 aliphatic carbocycles. The van der Waals surface area contributed by atoms with Gasteiger partial charge in [0.05, 0.1) is 27.8 Å². The molecule has 0 spiro atoms. The molecule has 0 aromatic heterocycles. The Morgan fingerprint density at radius 1 is 1.04 bits per heavy atom. The molecule has 2 aromatic carbocycles. The summed E-state index contributed by atoms with van der Waals surface area (Å²) in [6, 6.07) is 10.00. The fraction of sp³-hybridized carbons (Fsp3) is 0.435. The molecule has 2 aromatic rings. The number of ether oxygens (including phenoxy) is 2. The van der Waals surface area contributed by atoms with Crippen molar-refractivity contribution in [2.75, 3.05) is 33.1 Å². The summed E-state index contributed by atoms with van der Waals surface area (Å²) in [4.78, 5) is 13.9. The average Bonchev–Trinajstić information content (AvgIpc) is 2.67. The molecule has 0 saturated carbocycles. The molecule has 0 radical (unpaired) electrons. The van der Waals surface area contributed by atoms with Gasteiger partial charge in [-0.2, -0.15) is 0 Å². The van der Waals surface area contributed by atoms with Crippen LogP contribution in [-0.2, 0) is 11.2 Å². The van der Waals surface area contributed by atoms with Crippen LogP contribution in [0.2, 0.25) is 0 Å². The van der Waals surface area contributed by atoms with Crippen LogP contribution in [0.4, 0.5) is 5.69 Å². The molecule has 0 aliphatic heterocycles. The molecule has 5 nitrogen and oxygen atoms in total. The molecule has 5 heteroatoms. The lowest BCUT2D eigenvalue weighted by molar-refractivity contribution is -0.893. The van der Waals surface area contributed by atoms with Crippen LogP contribution in [0.15, 0.2) is 30.3 Å². The first-order chi connectivity index (χ1) is 13.3. The summed E-state index contributed by atoms with van der Waals surface area (Å²) in [7, 11) is 5.33. The van der Waals surface area contributed by atoms with Crippen molar-refractivity contribution in [1.82, 2.24) is 0 Å². The van der Waals surface area contributed by atoms with E-state index >= 15 is 0 Å². The van der Waals surface area contributed by atoms with Crippen molar-refractivity contribution in [1.29, 1.82) is 0 Å². The molecule has 152 valence electrons. The molecule has 1 amide bonds. The molecule has 2 atom stereocenters. The molecular weight excluding hydrogens is 352 g/mol. The summed E-state index contributed by atoms with van der Waals surface area (Å²) in [5, 5.41) is 3.12. The quantitative estimate of drug-likeness (QED) is 0.735. The zero-order valence-electron chi connectivity index (χ0n) is 18.1. The number of amides is 1. The van der Waals surface area contributed by atoms with Gasteiger partial charge < -0.3 is 19.7 Å². The largest absolute Gasteiger partial charge is 0.493 e. The van der Waals surface area contributed by atoms with E-state index in [0.29, 0.717) is 0 Å². The van der Waals surface area contributed by atoms with E-state index in [1.807, 2.05) is 39.0 Å². The highest BCUT2D eigenvalue weighted by molar-refractivity contribution is 5.95. The number of hydrogen-bond donors (Lipinski definition) is 2. The van der Waals surface area contributed by atoms with E-state index in [0.717, 1.165) is 51.7 Å². The van der Waals surface area contributed by atoms with Crippen LogP contribution in [0.3, 0.4) is 0 Å². The summed E-state index contributed by atoms with van der Waals surface area (Å²) in [5.41, 5.74) is 5.49. The highest BCUT2D eigenvalue weighted by Gasteiger charge is 2.23. The molecule has 1 unspecified atom stereocenters. The highest BCUT2D eigenvalue weighted by atomic mass is 16.5. The van der Waals surface area contributed by atoms with Crippen LogP contribution >= 0.6 is 0 Å². The van der Waals surface area contributed by atoms with Crippen LogP contribution in [0.5, 0.6) is 11.5 Å². The fourth-order valence-corrected chi connectivity index (χ4v) is 3.43. The van der Waals surface area contributed by atoms with E-state index in [9.17, 15) is 4.79 Å². The van der Waals surface area contributed by atoms with Gasteiger partial charge in [-0.15, -0.1) is 0 Å². The van der Waals surface area contributed by atoms with Gasteiger partial charge in [0.2, 0.25) is 0 Å². The first-order valence-corrected chi connectivity index (χ1v) is 9.68. The summed E-state index contributed by atoms with van der Waals surface area (Å²) in [5.74, 6) is 1.50. The van der Waals surface area contributed by atoms with Gasteiger partial charge in [0.1, 0.15) is 0 Å². The maximum absolute atomic E-state index is 12.8. The van der Waals surface area contributed by atoms with E-state index in [-0.39, 0.29) is 11.9 Å². The number of hydrogen-bond acceptors (Lipinski definition) is 3. The summed E-state index contributed by atoms with van der Waals surface area (Å²) < 4.78 is 10.7. The average molecular weight is 386 g/mol. The molecular formula is C23H33N2O3+. The number of anilines is 1. The van der Waals surface area contributed by atoms with E-state index in [2.05, 4.69) is 31.4 Å². The van der Waals surface area contributed by atoms with Crippen molar-refractivity contribution in [3.63, 3.8) is 0 Å². The third kappa shape index (κ3) is 5.26. The van der Waals surface area contributed by atoms with E-state index in [1.54, 1.807) is 14.2 Å². The van der Waals surface area contributed by atoms with Gasteiger partial charge in [0, 0.05) is 12.1 Å². The van der Waals surface area contributed by atoms with Crippen molar-refractivity contribution >= 4 is 11.6 Å². The minimum Gasteiger partial charge on any atom is -0.493 e. The Hall–Kier alpha value is -2.53. The second-order valence-corrected chi connectivity index (χ2v) is 7.52. The maximum Gasteiger partial charge on any atom is 0.282 e. The summed E-state index contributed by atoms with van der Waals surface area (Å²) in [6.07, 6.45) is 0.854. The first-order valence-electron chi connectivity index (χ1n) is 9.68. The van der Waals surface area contributed by atoms with E-state index in [1.165, 1.54) is 5.56 Å². The topological polar surface area (TPSA) is 52.0 Å². The van der Waals surface area contributed by atoms with Crippen molar-refractivity contribution in [3.8, 4) is 11.5 Å². The lowest BCUT2D eigenvalue weighted by Gasteiger charge is -2.22. The van der Waals surface area contributed by atoms with Gasteiger partial charge in [-0.05, 0) is 56.5 Å². The summed E-state index contributed by atoms with van der Waals surface area (Å²) in [6.45, 7) is 8.95. The standard InChI is InChI=1S/C23H32N2O3/c1-15-12-16(2)22(17(3)13-15)24-23(26)18(4)25(5)11-10-19-8-9-20(27-6)21(14-19)28-7/h8-9,12-14,18H,10-11H2,1-7H3,(H,24,26)/p+1/t18-/m0/s1. The van der Waals surface area contributed by atoms with Crippen molar-refractivity contribution in [3.05, 3.63) is 52.6 Å². The van der Waals surface area contributed by atoms with Crippen LogP contribution in [0.1, 0.15) is 29.2 Å². The van der Waals surface area contributed by atoms with Crippen molar-refractivity contribution in [2.24, 2.45) is 0 Å². The second kappa shape index (κ2) is 9.60. The molecule has 0 saturated heterocycles. The van der Waals surface area contributed by atoms with Gasteiger partial charge in [-0.25, -0.2) is 0 Å². The maximum atomic E-state index is 12.8. The van der Waals surface area contributed by atoms with E-state index in [4.69, 9.17) is 9.47 Å². The molecule has 2 rings (SSSR count). The Labute approximate surface area is 168 Å². The second-order valence-electron chi connectivity index (χ2n) is 7.52.